The summed E-state index contributed by atoms with van der Waals surface area (Å²) < 4.78 is 1.94. The molecule has 2 N–H and O–H groups in total. The minimum atomic E-state index is 0. The Morgan fingerprint density at radius 1 is 0.417 bits per heavy atom. The average molecular weight is 1320 g/mol. The van der Waals surface area contributed by atoms with E-state index in [0.717, 1.165) is 49.7 Å². The molecule has 6 radical (unpaired) electrons. The van der Waals surface area contributed by atoms with E-state index in [-0.39, 0.29) is 75.3 Å². The fourth-order valence-corrected chi connectivity index (χ4v) is 9.59. The quantitative estimate of drug-likeness (QED) is 0.0803. The number of nitrogens with zero attached hydrogens (tertiary/aromatic N) is 4. The van der Waals surface area contributed by atoms with Gasteiger partial charge in [-0.15, -0.1) is 0 Å². The Morgan fingerprint density at radius 2 is 0.653 bits per heavy atom. The molecule has 2 aliphatic carbocycles. The first kappa shape index (κ1) is 63.6. The van der Waals surface area contributed by atoms with Crippen LogP contribution in [0.25, 0.3) is 0 Å². The third kappa shape index (κ3) is 23.0. The van der Waals surface area contributed by atoms with E-state index in [0.29, 0.717) is 43.5 Å². The topological polar surface area (TPSA) is 37.0 Å². The van der Waals surface area contributed by atoms with Gasteiger partial charge in [-0.3, -0.25) is 10.6 Å². The first-order valence-electron chi connectivity index (χ1n) is 23.2. The number of piperidine rings is 2. The molecule has 0 aromatic heterocycles. The average Bonchev–Trinajstić information content (AvgIpc) is 3.38. The number of benzene rings is 4. The Balaban J connectivity index is 0.000000560. The molecule has 2 aliphatic heterocycles. The Labute approximate surface area is 510 Å². The molecule has 2 fully saturated rings. The number of rotatable bonds is 12. The molecule has 0 saturated carbocycles. The Morgan fingerprint density at radius 3 is 0.819 bits per heavy atom. The molecular formula is C56H64N6S8Sn2. The van der Waals surface area contributed by atoms with Crippen molar-refractivity contribution in [1.82, 2.24) is 30.2 Å². The smallest absolute Gasteiger partial charge is 0.411 e. The van der Waals surface area contributed by atoms with Crippen LogP contribution in [0.2, 0.25) is 0 Å². The molecule has 8 rings (SSSR count). The normalized spacial score (nSPS) is 18.3. The van der Waals surface area contributed by atoms with Crippen molar-refractivity contribution in [3.63, 3.8) is 0 Å². The van der Waals surface area contributed by atoms with Gasteiger partial charge in [0.25, 0.3) is 0 Å². The molecule has 374 valence electrons. The standard InChI is InChI=1S/2C21H25N3S4.2C7H7.2Sn.2H2/c2*25-20(26)23(14-16-8-3-1-4-9-16)18-12-7-13-19(22-18)24(21(27)28)15-17-10-5-2-6-11-17;2*1-7-5-3-2-4-6-7;;;;/h2*1-6,8-11,18-19,22H,7,12-15H2,(H,25,26)(H,27,28);2*2-6H,1H2;;;2*1H/q;;;;2*+2;;/p-4. The van der Waals surface area contributed by atoms with Crippen LogP contribution >= 0.6 is 48.9 Å². The molecule has 4 unspecified atom stereocenters. The van der Waals surface area contributed by atoms with Crippen LogP contribution in [0.3, 0.4) is 0 Å². The number of nitrogens with one attached hydrogen (secondary N) is 2. The van der Waals surface area contributed by atoms with Gasteiger partial charge in [-0.25, -0.2) is 0 Å². The minimum absolute atomic E-state index is 0. The third-order valence-corrected chi connectivity index (χ3v) is 13.5. The van der Waals surface area contributed by atoms with Crippen LogP contribution in [-0.2, 0) is 76.7 Å². The van der Waals surface area contributed by atoms with E-state index in [1.54, 1.807) is 0 Å². The maximum Gasteiger partial charge on any atom is 2.00 e. The van der Waals surface area contributed by atoms with Crippen molar-refractivity contribution in [3.8, 4) is 0 Å². The molecule has 4 aromatic carbocycles. The van der Waals surface area contributed by atoms with E-state index >= 15 is 0 Å². The van der Waals surface area contributed by atoms with Crippen molar-refractivity contribution in [2.45, 2.75) is 89.4 Å². The monoisotopic (exact) mass is 1320 g/mol. The molecule has 4 aliphatic rings. The second-order valence-electron chi connectivity index (χ2n) is 16.7. The maximum atomic E-state index is 5.40. The van der Waals surface area contributed by atoms with Gasteiger partial charge in [0.1, 0.15) is 0 Å². The molecule has 6 nitrogen and oxygen atoms in total. The van der Waals surface area contributed by atoms with Gasteiger partial charge in [0.05, 0.1) is 24.7 Å². The molecular weight excluding hydrogens is 1250 g/mol. The zero-order valence-electron chi connectivity index (χ0n) is 40.2. The fraction of sp³-hybridized carbons (Fsp3) is 0.250. The Bertz CT molecular complexity index is 2140. The van der Waals surface area contributed by atoms with Crippen molar-refractivity contribution in [2.24, 2.45) is 0 Å². The first-order chi connectivity index (χ1) is 33.9. The van der Waals surface area contributed by atoms with Gasteiger partial charge in [0.2, 0.25) is 0 Å². The van der Waals surface area contributed by atoms with Gasteiger partial charge in [-0.05, 0) is 71.9 Å². The summed E-state index contributed by atoms with van der Waals surface area (Å²) in [6.45, 7) is 10.2. The van der Waals surface area contributed by atoms with Crippen LogP contribution in [0.5, 0.6) is 0 Å². The number of thiocarbonyl (C=S) groups is 4. The van der Waals surface area contributed by atoms with Crippen molar-refractivity contribution < 1.29 is 2.85 Å². The summed E-state index contributed by atoms with van der Waals surface area (Å²) in [6.07, 6.45) is 26.1. The number of allylic oxidation sites excluding steroid dienone is 10. The largest absolute Gasteiger partial charge is 2.00 e. The SMILES string of the molecule is C=C1[CH]C=CC=C1.C=C1[CH]C=CC=C1.S=C([S-])N(Cc1ccccc1)C1CCCC(N(Cc2ccccc2)C(=S)[S-])N1.S=C([S-])N(Cc1ccccc1)C1CCCC(N(Cc2ccccc2)C(=S)[S-])N1.[HH].[HH].[Sn+2].[Sn+2]. The zero-order chi connectivity index (χ0) is 50.1. The molecule has 72 heavy (non-hydrogen) atoms. The molecule has 0 spiro atoms. The summed E-state index contributed by atoms with van der Waals surface area (Å²) in [5.74, 6) is 0. The summed E-state index contributed by atoms with van der Waals surface area (Å²) in [7, 11) is 0. The zero-order valence-corrected chi connectivity index (χ0v) is 52.4. The summed E-state index contributed by atoms with van der Waals surface area (Å²) in [5, 5.41) is 7.40. The van der Waals surface area contributed by atoms with Crippen LogP contribution in [0.4, 0.5) is 0 Å². The Hall–Kier alpha value is -2.72. The van der Waals surface area contributed by atoms with Crippen molar-refractivity contribution in [1.29, 1.82) is 0 Å². The fourth-order valence-electron chi connectivity index (χ4n) is 8.05. The van der Waals surface area contributed by atoms with Crippen LogP contribution in [0, 0.1) is 12.8 Å². The van der Waals surface area contributed by atoms with Gasteiger partial charge in [-0.2, -0.15) is 0 Å². The molecule has 16 heteroatoms. The second-order valence-corrected chi connectivity index (χ2v) is 20.9. The summed E-state index contributed by atoms with van der Waals surface area (Å²) in [5.41, 5.74) is 6.92. The van der Waals surface area contributed by atoms with Gasteiger partial charge in [0.15, 0.2) is 0 Å². The maximum absolute atomic E-state index is 5.40. The molecule has 0 bridgehead atoms. The van der Waals surface area contributed by atoms with Crippen LogP contribution < -0.4 is 10.6 Å². The number of hydrogen-bond acceptors (Lipinski definition) is 10. The summed E-state index contributed by atoms with van der Waals surface area (Å²) in [6, 6.07) is 41.1. The third-order valence-electron chi connectivity index (χ3n) is 11.6. The van der Waals surface area contributed by atoms with E-state index in [1.807, 2.05) is 134 Å². The van der Waals surface area contributed by atoms with Crippen LogP contribution in [0.1, 0.15) is 63.6 Å². The van der Waals surface area contributed by atoms with Gasteiger partial charge in [0, 0.05) is 41.9 Å². The predicted molar refractivity (Wildman–Crippen MR) is 336 cm³/mol. The van der Waals surface area contributed by atoms with Crippen molar-refractivity contribution in [2.75, 3.05) is 0 Å². The first-order valence-corrected chi connectivity index (χ1v) is 26.5. The second kappa shape index (κ2) is 35.5. The van der Waals surface area contributed by atoms with E-state index in [9.17, 15) is 0 Å². The van der Waals surface area contributed by atoms with Crippen LogP contribution in [0.15, 0.2) is 194 Å². The summed E-state index contributed by atoms with van der Waals surface area (Å²) >= 11 is 43.2. The van der Waals surface area contributed by atoms with Crippen LogP contribution in [-0.4, -0.2) is 109 Å². The van der Waals surface area contributed by atoms with Gasteiger partial charge < -0.3 is 119 Å². The Kier molecular flexibility index (Phi) is 31.4. The van der Waals surface area contributed by atoms with Crippen molar-refractivity contribution >= 4 is 164 Å². The van der Waals surface area contributed by atoms with E-state index in [4.69, 9.17) is 99.4 Å². The van der Waals surface area contributed by atoms with E-state index in [1.165, 1.54) is 22.3 Å². The van der Waals surface area contributed by atoms with E-state index in [2.05, 4.69) is 91.9 Å². The molecule has 0 amide bonds. The predicted octanol–water partition coefficient (Wildman–Crippen LogP) is 11.6. The summed E-state index contributed by atoms with van der Waals surface area (Å²) in [4.78, 5) is 8.39. The molecule has 2 saturated heterocycles. The van der Waals surface area contributed by atoms with Gasteiger partial charge in [-0.1, -0.05) is 200 Å². The molecule has 4 aromatic rings. The minimum Gasteiger partial charge on any atom is -0.411 e. The van der Waals surface area contributed by atoms with E-state index < -0.39 is 0 Å². The number of hydrogen-bond donors (Lipinski definition) is 2. The van der Waals surface area contributed by atoms with Gasteiger partial charge >= 0.3 is 47.8 Å². The molecule has 4 atom stereocenters. The van der Waals surface area contributed by atoms with Crippen molar-refractivity contribution in [3.05, 3.63) is 229 Å². The molecule has 2 heterocycles.